The third-order valence-corrected chi connectivity index (χ3v) is 5.56. The monoisotopic (exact) mass is 492 g/mol. The van der Waals surface area contributed by atoms with E-state index in [2.05, 4.69) is 26.0 Å². The molecule has 3 heterocycles. The summed E-state index contributed by atoms with van der Waals surface area (Å²) in [6, 6.07) is 5.21. The lowest BCUT2D eigenvalue weighted by molar-refractivity contribution is 0.276. The highest BCUT2D eigenvalue weighted by molar-refractivity contribution is 5.85. The lowest BCUT2D eigenvalue weighted by Gasteiger charge is -2.35. The first kappa shape index (κ1) is 25.3. The van der Waals surface area contributed by atoms with Crippen LogP contribution in [0.2, 0.25) is 0 Å². The Bertz CT molecular complexity index is 1140. The molecular weight excluding hydrogens is 466 g/mol. The summed E-state index contributed by atoms with van der Waals surface area (Å²) in [6.45, 7) is 5.64. The molecule has 34 heavy (non-hydrogen) atoms. The van der Waals surface area contributed by atoms with Gasteiger partial charge in [0.05, 0.1) is 11.9 Å². The van der Waals surface area contributed by atoms with Crippen LogP contribution in [-0.2, 0) is 0 Å². The van der Waals surface area contributed by atoms with Crippen molar-refractivity contribution in [2.45, 2.75) is 6.92 Å². The van der Waals surface area contributed by atoms with Gasteiger partial charge < -0.3 is 10.6 Å². The third kappa shape index (κ3) is 5.79. The molecule has 9 nitrogen and oxygen atoms in total. The number of nitrogens with zero attached hydrogens (tertiary/aromatic N) is 7. The van der Waals surface area contributed by atoms with Gasteiger partial charge in [0.25, 0.3) is 0 Å². The maximum atomic E-state index is 13.5. The van der Waals surface area contributed by atoms with Crippen molar-refractivity contribution >= 4 is 35.9 Å². The number of halogens is 3. The highest BCUT2D eigenvalue weighted by Gasteiger charge is 2.17. The van der Waals surface area contributed by atoms with Gasteiger partial charge in [0.15, 0.2) is 11.6 Å². The standard InChI is InChI=1S/C22H26F2N8O.ClH/c1-15-16(14-26-32(15)21-13-20(29(2)33)27-22(25)28-21)4-3-5-30-6-8-31(9-7-30)19-11-17(23)10-18(24)12-19;/h3-4,10-14,33H,5-9H2,1-2H3,(H2,25,27,28);1H. The number of aromatic nitrogens is 4. The van der Waals surface area contributed by atoms with E-state index < -0.39 is 11.6 Å². The second-order valence-electron chi connectivity index (χ2n) is 7.88. The largest absolute Gasteiger partial charge is 0.369 e. The zero-order chi connectivity index (χ0) is 23.5. The van der Waals surface area contributed by atoms with E-state index in [1.54, 1.807) is 16.9 Å². The Balaban J connectivity index is 0.00000324. The average molecular weight is 493 g/mol. The van der Waals surface area contributed by atoms with Crippen molar-refractivity contribution in [3.05, 3.63) is 59.4 Å². The van der Waals surface area contributed by atoms with Crippen LogP contribution in [0.15, 0.2) is 36.5 Å². The number of anilines is 3. The van der Waals surface area contributed by atoms with Gasteiger partial charge in [-0.3, -0.25) is 10.1 Å². The molecule has 1 fully saturated rings. The number of benzene rings is 1. The molecule has 1 aliphatic rings. The van der Waals surface area contributed by atoms with E-state index in [0.29, 0.717) is 24.6 Å². The van der Waals surface area contributed by atoms with Crippen LogP contribution in [0.25, 0.3) is 11.9 Å². The summed E-state index contributed by atoms with van der Waals surface area (Å²) in [5.74, 6) is -0.355. The van der Waals surface area contributed by atoms with Crippen molar-refractivity contribution < 1.29 is 14.0 Å². The molecule has 3 N–H and O–H groups in total. The Morgan fingerprint density at radius 1 is 1.09 bits per heavy atom. The number of piperazine rings is 1. The van der Waals surface area contributed by atoms with Gasteiger partial charge in [-0.25, -0.2) is 18.5 Å². The minimum absolute atomic E-state index is 0. The molecule has 0 amide bonds. The van der Waals surface area contributed by atoms with Gasteiger partial charge in [0.1, 0.15) is 11.6 Å². The summed E-state index contributed by atoms with van der Waals surface area (Å²) in [5, 5.41) is 14.9. The number of rotatable bonds is 6. The van der Waals surface area contributed by atoms with Gasteiger partial charge in [-0.05, 0) is 19.1 Å². The van der Waals surface area contributed by atoms with Crippen molar-refractivity contribution in [1.82, 2.24) is 24.6 Å². The van der Waals surface area contributed by atoms with Crippen molar-refractivity contribution in [2.75, 3.05) is 55.5 Å². The number of hydrogen-bond acceptors (Lipinski definition) is 8. The highest BCUT2D eigenvalue weighted by atomic mass is 35.5. The van der Waals surface area contributed by atoms with Crippen LogP contribution in [0.5, 0.6) is 0 Å². The van der Waals surface area contributed by atoms with Gasteiger partial charge >= 0.3 is 0 Å². The van der Waals surface area contributed by atoms with E-state index in [0.717, 1.165) is 42.0 Å². The lowest BCUT2D eigenvalue weighted by Crippen LogP contribution is -2.46. The van der Waals surface area contributed by atoms with Crippen LogP contribution in [0.1, 0.15) is 11.3 Å². The molecule has 0 saturated carbocycles. The summed E-state index contributed by atoms with van der Waals surface area (Å²) in [4.78, 5) is 12.4. The number of nitrogen functional groups attached to an aromatic ring is 1. The summed E-state index contributed by atoms with van der Waals surface area (Å²) in [7, 11) is 1.45. The lowest BCUT2D eigenvalue weighted by atomic mass is 10.2. The summed E-state index contributed by atoms with van der Waals surface area (Å²) in [6.07, 6.45) is 5.80. The minimum atomic E-state index is -0.560. The van der Waals surface area contributed by atoms with E-state index in [1.807, 2.05) is 17.9 Å². The van der Waals surface area contributed by atoms with Gasteiger partial charge in [-0.2, -0.15) is 15.1 Å². The fourth-order valence-corrected chi connectivity index (χ4v) is 3.77. The van der Waals surface area contributed by atoms with E-state index in [1.165, 1.54) is 19.2 Å². The smallest absolute Gasteiger partial charge is 0.224 e. The van der Waals surface area contributed by atoms with Crippen molar-refractivity contribution in [3.63, 3.8) is 0 Å². The quantitative estimate of drug-likeness (QED) is 0.507. The third-order valence-electron chi connectivity index (χ3n) is 5.56. The zero-order valence-electron chi connectivity index (χ0n) is 18.9. The zero-order valence-corrected chi connectivity index (χ0v) is 19.7. The maximum absolute atomic E-state index is 13.5. The van der Waals surface area contributed by atoms with Crippen LogP contribution in [0.4, 0.5) is 26.2 Å². The van der Waals surface area contributed by atoms with Gasteiger partial charge in [0, 0.05) is 63.2 Å². The van der Waals surface area contributed by atoms with Crippen LogP contribution in [0, 0.1) is 18.6 Å². The molecule has 0 unspecified atom stereocenters. The molecule has 1 aliphatic heterocycles. The molecule has 1 saturated heterocycles. The second kappa shape index (κ2) is 10.8. The summed E-state index contributed by atoms with van der Waals surface area (Å²) < 4.78 is 28.6. The molecule has 0 atom stereocenters. The van der Waals surface area contributed by atoms with Crippen LogP contribution in [0.3, 0.4) is 0 Å². The molecule has 1 aromatic carbocycles. The fraction of sp³-hybridized carbons (Fsp3) is 0.318. The maximum Gasteiger partial charge on any atom is 0.224 e. The van der Waals surface area contributed by atoms with E-state index in [-0.39, 0.29) is 24.2 Å². The molecule has 0 radical (unpaired) electrons. The second-order valence-corrected chi connectivity index (χ2v) is 7.88. The normalized spacial score (nSPS) is 14.4. The highest BCUT2D eigenvalue weighted by Crippen LogP contribution is 2.20. The number of hydroxylamine groups is 1. The Morgan fingerprint density at radius 3 is 2.41 bits per heavy atom. The van der Waals surface area contributed by atoms with Gasteiger partial charge in [-0.1, -0.05) is 12.2 Å². The number of nitrogens with two attached hydrogens (primary N) is 1. The predicted molar refractivity (Wildman–Crippen MR) is 130 cm³/mol. The van der Waals surface area contributed by atoms with Crippen LogP contribution < -0.4 is 15.7 Å². The van der Waals surface area contributed by atoms with Gasteiger partial charge in [-0.15, -0.1) is 12.4 Å². The molecule has 12 heteroatoms. The topological polar surface area (TPSA) is 99.6 Å². The average Bonchev–Trinajstić information content (AvgIpc) is 3.13. The molecule has 0 spiro atoms. The molecule has 2 aromatic heterocycles. The molecule has 182 valence electrons. The van der Waals surface area contributed by atoms with Crippen molar-refractivity contribution in [2.24, 2.45) is 0 Å². The molecule has 0 bridgehead atoms. The van der Waals surface area contributed by atoms with Crippen LogP contribution in [-0.4, -0.2) is 69.6 Å². The molecule has 4 rings (SSSR count). The Morgan fingerprint density at radius 2 is 1.76 bits per heavy atom. The van der Waals surface area contributed by atoms with Crippen LogP contribution >= 0.6 is 12.4 Å². The SMILES string of the molecule is Cc1c(C=CCN2CCN(c3cc(F)cc(F)c3)CC2)cnn1-c1cc(N(C)O)nc(N)n1.Cl. The van der Waals surface area contributed by atoms with E-state index in [9.17, 15) is 14.0 Å². The minimum Gasteiger partial charge on any atom is -0.369 e. The number of hydrogen-bond donors (Lipinski definition) is 2. The Kier molecular flexibility index (Phi) is 8.02. The first-order valence-electron chi connectivity index (χ1n) is 10.5. The molecule has 3 aromatic rings. The summed E-state index contributed by atoms with van der Waals surface area (Å²) >= 11 is 0. The van der Waals surface area contributed by atoms with Gasteiger partial charge in [0.2, 0.25) is 5.95 Å². The van der Waals surface area contributed by atoms with E-state index >= 15 is 0 Å². The van der Waals surface area contributed by atoms with Crippen molar-refractivity contribution in [3.8, 4) is 5.82 Å². The molecular formula is C22H27ClF2N8O. The summed E-state index contributed by atoms with van der Waals surface area (Å²) in [5.41, 5.74) is 8.13. The van der Waals surface area contributed by atoms with Crippen molar-refractivity contribution in [1.29, 1.82) is 0 Å². The fourth-order valence-electron chi connectivity index (χ4n) is 3.77. The Hall–Kier alpha value is -3.28. The Labute approximate surface area is 202 Å². The molecule has 0 aliphatic carbocycles. The first-order chi connectivity index (χ1) is 15.8. The first-order valence-corrected chi connectivity index (χ1v) is 10.5. The van der Waals surface area contributed by atoms with E-state index in [4.69, 9.17) is 5.73 Å². The predicted octanol–water partition coefficient (Wildman–Crippen LogP) is 2.91.